The van der Waals surface area contributed by atoms with Crippen molar-refractivity contribution in [3.05, 3.63) is 12.0 Å². The third-order valence-electron chi connectivity index (χ3n) is 1.92. The maximum absolute atomic E-state index is 11.3. The molecular formula is C9H15ClN2O4S. The minimum atomic E-state index is -3.42. The summed E-state index contributed by atoms with van der Waals surface area (Å²) in [7, 11) is -3.42. The summed E-state index contributed by atoms with van der Waals surface area (Å²) in [5, 5.41) is 4.31. The number of halogens is 1. The lowest BCUT2D eigenvalue weighted by Crippen LogP contribution is -2.43. The molecule has 0 spiro atoms. The van der Waals surface area contributed by atoms with Gasteiger partial charge in [0.1, 0.15) is 0 Å². The number of hydrogen-bond donors (Lipinski definition) is 2. The van der Waals surface area contributed by atoms with Crippen LogP contribution in [0.5, 0.6) is 0 Å². The smallest absolute Gasteiger partial charge is 0.321 e. The van der Waals surface area contributed by atoms with E-state index in [2.05, 4.69) is 11.9 Å². The zero-order valence-electron chi connectivity index (χ0n) is 9.40. The van der Waals surface area contributed by atoms with E-state index in [0.29, 0.717) is 0 Å². The van der Waals surface area contributed by atoms with Gasteiger partial charge in [-0.1, -0.05) is 6.58 Å². The van der Waals surface area contributed by atoms with E-state index < -0.39 is 27.0 Å². The van der Waals surface area contributed by atoms with E-state index in [1.54, 1.807) is 0 Å². The van der Waals surface area contributed by atoms with Crippen molar-refractivity contribution in [1.29, 1.82) is 0 Å². The highest BCUT2D eigenvalue weighted by molar-refractivity contribution is 7.94. The van der Waals surface area contributed by atoms with Gasteiger partial charge in [0.2, 0.25) is 5.91 Å². The Labute approximate surface area is 105 Å². The Hall–Kier alpha value is -1.08. The quantitative estimate of drug-likeness (QED) is 0.689. The summed E-state index contributed by atoms with van der Waals surface area (Å²) in [4.78, 5) is 22.1. The first-order valence-electron chi connectivity index (χ1n) is 4.83. The lowest BCUT2D eigenvalue weighted by atomic mass is 10.4. The number of rotatable bonds is 6. The van der Waals surface area contributed by atoms with Crippen molar-refractivity contribution >= 4 is 33.4 Å². The zero-order valence-corrected chi connectivity index (χ0v) is 11.0. The van der Waals surface area contributed by atoms with Gasteiger partial charge in [0.05, 0.1) is 5.25 Å². The van der Waals surface area contributed by atoms with Crippen LogP contribution < -0.4 is 10.6 Å². The summed E-state index contributed by atoms with van der Waals surface area (Å²) < 4.78 is 22.5. The number of imide groups is 1. The molecule has 0 aliphatic carbocycles. The first-order valence-corrected chi connectivity index (χ1v) is 6.98. The average Bonchev–Trinajstić information content (AvgIpc) is 2.26. The molecule has 1 atom stereocenters. The second-order valence-electron chi connectivity index (χ2n) is 3.26. The maximum Gasteiger partial charge on any atom is 0.321 e. The van der Waals surface area contributed by atoms with Gasteiger partial charge in [0.15, 0.2) is 9.84 Å². The second kappa shape index (κ2) is 7.29. The Morgan fingerprint density at radius 1 is 1.47 bits per heavy atom. The van der Waals surface area contributed by atoms with Gasteiger partial charge in [-0.3, -0.25) is 10.1 Å². The van der Waals surface area contributed by atoms with Crippen LogP contribution in [0, 0.1) is 0 Å². The molecule has 0 aliphatic rings. The van der Waals surface area contributed by atoms with Crippen LogP contribution in [0.4, 0.5) is 4.79 Å². The molecule has 98 valence electrons. The number of carbonyl (C=O) groups excluding carboxylic acids is 2. The molecule has 1 unspecified atom stereocenters. The van der Waals surface area contributed by atoms with Crippen molar-refractivity contribution < 1.29 is 18.0 Å². The Kier molecular flexibility index (Phi) is 6.82. The van der Waals surface area contributed by atoms with Crippen LogP contribution in [0.25, 0.3) is 0 Å². The molecule has 0 heterocycles. The topological polar surface area (TPSA) is 92.3 Å². The third-order valence-corrected chi connectivity index (χ3v) is 3.86. The number of alkyl halides is 1. The van der Waals surface area contributed by atoms with Gasteiger partial charge >= 0.3 is 6.03 Å². The Morgan fingerprint density at radius 3 is 2.53 bits per heavy atom. The van der Waals surface area contributed by atoms with E-state index in [9.17, 15) is 18.0 Å². The molecule has 0 rings (SSSR count). The predicted molar refractivity (Wildman–Crippen MR) is 65.5 cm³/mol. The van der Waals surface area contributed by atoms with E-state index in [0.717, 1.165) is 5.41 Å². The second-order valence-corrected chi connectivity index (χ2v) is 5.96. The van der Waals surface area contributed by atoms with E-state index in [-0.39, 0.29) is 18.8 Å². The summed E-state index contributed by atoms with van der Waals surface area (Å²) in [6.45, 7) is 4.49. The molecule has 8 heteroatoms. The maximum atomic E-state index is 11.3. The summed E-state index contributed by atoms with van der Waals surface area (Å²) >= 11 is 5.30. The van der Waals surface area contributed by atoms with Crippen LogP contribution >= 0.6 is 11.6 Å². The SMILES string of the molecule is C=CS(=O)(=O)C(C)CNC(=O)NC(=O)CCCl. The van der Waals surface area contributed by atoms with Crippen LogP contribution in [-0.2, 0) is 14.6 Å². The van der Waals surface area contributed by atoms with Crippen LogP contribution in [0.3, 0.4) is 0 Å². The highest BCUT2D eigenvalue weighted by Crippen LogP contribution is 2.00. The molecule has 0 aliphatic heterocycles. The minimum Gasteiger partial charge on any atom is -0.336 e. The van der Waals surface area contributed by atoms with Gasteiger partial charge in [-0.15, -0.1) is 11.6 Å². The largest absolute Gasteiger partial charge is 0.336 e. The first-order chi connectivity index (χ1) is 7.83. The number of carbonyl (C=O) groups is 2. The number of urea groups is 1. The van der Waals surface area contributed by atoms with Crippen LogP contribution in [-0.4, -0.2) is 38.0 Å². The Balaban J connectivity index is 4.09. The van der Waals surface area contributed by atoms with Crippen molar-refractivity contribution in [1.82, 2.24) is 10.6 Å². The highest BCUT2D eigenvalue weighted by Gasteiger charge is 2.17. The summed E-state index contributed by atoms with van der Waals surface area (Å²) in [6.07, 6.45) is 0.0233. The highest BCUT2D eigenvalue weighted by atomic mass is 35.5. The summed E-state index contributed by atoms with van der Waals surface area (Å²) in [5.41, 5.74) is 0. The Morgan fingerprint density at radius 2 is 2.06 bits per heavy atom. The summed E-state index contributed by atoms with van der Waals surface area (Å²) in [6, 6.07) is -0.744. The van der Waals surface area contributed by atoms with Gasteiger partial charge in [-0.2, -0.15) is 0 Å². The Bertz CT molecular complexity index is 394. The number of nitrogens with one attached hydrogen (secondary N) is 2. The fraction of sp³-hybridized carbons (Fsp3) is 0.556. The number of amides is 3. The molecule has 3 amide bonds. The molecule has 0 bridgehead atoms. The van der Waals surface area contributed by atoms with E-state index in [1.807, 2.05) is 5.32 Å². The van der Waals surface area contributed by atoms with Crippen molar-refractivity contribution in [2.75, 3.05) is 12.4 Å². The molecule has 0 radical (unpaired) electrons. The minimum absolute atomic E-state index is 0.0233. The fourth-order valence-electron chi connectivity index (χ4n) is 0.836. The van der Waals surface area contributed by atoms with Gasteiger partial charge in [0, 0.05) is 24.3 Å². The lowest BCUT2D eigenvalue weighted by molar-refractivity contribution is -0.119. The molecule has 0 aromatic carbocycles. The van der Waals surface area contributed by atoms with Crippen molar-refractivity contribution in [3.63, 3.8) is 0 Å². The number of hydrogen-bond acceptors (Lipinski definition) is 4. The van der Waals surface area contributed by atoms with E-state index >= 15 is 0 Å². The molecule has 0 saturated carbocycles. The molecule has 6 nitrogen and oxygen atoms in total. The monoisotopic (exact) mass is 282 g/mol. The molecule has 0 aromatic rings. The van der Waals surface area contributed by atoms with Crippen molar-refractivity contribution in [2.24, 2.45) is 0 Å². The third kappa shape index (κ3) is 6.28. The van der Waals surface area contributed by atoms with Crippen molar-refractivity contribution in [2.45, 2.75) is 18.6 Å². The normalized spacial score (nSPS) is 12.6. The summed E-state index contributed by atoms with van der Waals surface area (Å²) in [5.74, 6) is -0.405. The van der Waals surface area contributed by atoms with E-state index in [1.165, 1.54) is 6.92 Å². The standard InChI is InChI=1S/C9H15ClN2O4S/c1-3-17(15,16)7(2)6-11-9(14)12-8(13)4-5-10/h3,7H,1,4-6H2,2H3,(H2,11,12,13,14). The molecule has 0 saturated heterocycles. The molecule has 2 N–H and O–H groups in total. The molecule has 0 fully saturated rings. The predicted octanol–water partition coefficient (Wildman–Crippen LogP) is 0.388. The van der Waals surface area contributed by atoms with Gasteiger partial charge in [-0.05, 0) is 6.92 Å². The van der Waals surface area contributed by atoms with Crippen molar-refractivity contribution in [3.8, 4) is 0 Å². The first kappa shape index (κ1) is 15.9. The average molecular weight is 283 g/mol. The van der Waals surface area contributed by atoms with E-state index in [4.69, 9.17) is 11.6 Å². The van der Waals surface area contributed by atoms with Gasteiger partial charge < -0.3 is 5.32 Å². The molecule has 0 aromatic heterocycles. The number of sulfone groups is 1. The van der Waals surface area contributed by atoms with Crippen LogP contribution in [0.1, 0.15) is 13.3 Å². The fourth-order valence-corrected chi connectivity index (χ4v) is 1.65. The lowest BCUT2D eigenvalue weighted by Gasteiger charge is -2.11. The molecule has 17 heavy (non-hydrogen) atoms. The van der Waals surface area contributed by atoms with Crippen LogP contribution in [0.2, 0.25) is 0 Å². The molecular weight excluding hydrogens is 268 g/mol. The van der Waals surface area contributed by atoms with Crippen LogP contribution in [0.15, 0.2) is 12.0 Å². The zero-order chi connectivity index (χ0) is 13.5. The van der Waals surface area contributed by atoms with Gasteiger partial charge in [0.25, 0.3) is 0 Å². The van der Waals surface area contributed by atoms with Gasteiger partial charge in [-0.25, -0.2) is 13.2 Å².